The zero-order chi connectivity index (χ0) is 13.9. The summed E-state index contributed by atoms with van der Waals surface area (Å²) in [5, 5.41) is 4.12. The molecule has 1 atom stereocenters. The lowest BCUT2D eigenvalue weighted by molar-refractivity contribution is -0.133. The van der Waals surface area contributed by atoms with Crippen LogP contribution in [0.1, 0.15) is 25.8 Å². The Morgan fingerprint density at radius 1 is 1.47 bits per heavy atom. The number of ketones is 1. The first-order valence-corrected chi connectivity index (χ1v) is 6.90. The Hall–Kier alpha value is -1.20. The summed E-state index contributed by atoms with van der Waals surface area (Å²) in [7, 11) is 1.87. The van der Waals surface area contributed by atoms with Crippen LogP contribution in [-0.2, 0) is 23.0 Å². The second kappa shape index (κ2) is 5.84. The van der Waals surface area contributed by atoms with Crippen LogP contribution in [0.5, 0.6) is 0 Å². The molecule has 1 aromatic heterocycles. The number of rotatable bonds is 5. The number of ether oxygens (including phenoxy) is 1. The van der Waals surface area contributed by atoms with Crippen LogP contribution in [0.25, 0.3) is 0 Å². The van der Waals surface area contributed by atoms with Crippen LogP contribution < -0.4 is 0 Å². The number of carbonyl (C=O) groups is 1. The van der Waals surface area contributed by atoms with E-state index < -0.39 is 0 Å². The lowest BCUT2D eigenvalue weighted by Gasteiger charge is -2.41. The van der Waals surface area contributed by atoms with E-state index in [2.05, 4.69) is 23.8 Å². The van der Waals surface area contributed by atoms with E-state index in [9.17, 15) is 4.79 Å². The zero-order valence-corrected chi connectivity index (χ0v) is 12.1. The predicted octanol–water partition coefficient (Wildman–Crippen LogP) is 1.03. The summed E-state index contributed by atoms with van der Waals surface area (Å²) < 4.78 is 7.11. The van der Waals surface area contributed by atoms with Crippen molar-refractivity contribution in [2.24, 2.45) is 7.05 Å². The molecule has 0 radical (unpaired) electrons. The van der Waals surface area contributed by atoms with Crippen molar-refractivity contribution in [2.45, 2.75) is 32.2 Å². The maximum absolute atomic E-state index is 12.7. The molecule has 1 aliphatic rings. The first-order chi connectivity index (χ1) is 9.06. The maximum Gasteiger partial charge on any atom is 0.157 e. The standard InChI is InChI=1S/C14H23N3O2/c1-4-14(2,17-5-7-19-8-6-17)13(18)9-12-10-15-16(3)11-12/h10-11H,4-9H2,1-3H3. The van der Waals surface area contributed by atoms with Crippen molar-refractivity contribution in [3.05, 3.63) is 18.0 Å². The average Bonchev–Trinajstić information content (AvgIpc) is 2.84. The van der Waals surface area contributed by atoms with Gasteiger partial charge in [0.05, 0.1) is 24.9 Å². The third kappa shape index (κ3) is 3.04. The van der Waals surface area contributed by atoms with Gasteiger partial charge < -0.3 is 4.74 Å². The normalized spacial score (nSPS) is 20.2. The van der Waals surface area contributed by atoms with Gasteiger partial charge in [-0.05, 0) is 18.9 Å². The first-order valence-electron chi connectivity index (χ1n) is 6.90. The van der Waals surface area contributed by atoms with Crippen molar-refractivity contribution in [1.29, 1.82) is 0 Å². The quantitative estimate of drug-likeness (QED) is 0.798. The van der Waals surface area contributed by atoms with E-state index in [1.807, 2.05) is 13.2 Å². The van der Waals surface area contributed by atoms with Crippen LogP contribution in [0.4, 0.5) is 0 Å². The van der Waals surface area contributed by atoms with Gasteiger partial charge in [0.15, 0.2) is 5.78 Å². The van der Waals surface area contributed by atoms with Crippen molar-refractivity contribution in [2.75, 3.05) is 26.3 Å². The van der Waals surface area contributed by atoms with Gasteiger partial charge >= 0.3 is 0 Å². The van der Waals surface area contributed by atoms with Gasteiger partial charge in [-0.1, -0.05) is 6.92 Å². The number of aromatic nitrogens is 2. The summed E-state index contributed by atoms with van der Waals surface area (Å²) in [5.41, 5.74) is 0.597. The summed E-state index contributed by atoms with van der Waals surface area (Å²) in [6.45, 7) is 7.24. The molecule has 0 amide bonds. The zero-order valence-electron chi connectivity index (χ0n) is 12.1. The van der Waals surface area contributed by atoms with Gasteiger partial charge in [-0.2, -0.15) is 5.10 Å². The number of carbonyl (C=O) groups excluding carboxylic acids is 1. The molecule has 2 heterocycles. The maximum atomic E-state index is 12.7. The van der Waals surface area contributed by atoms with Crippen LogP contribution in [-0.4, -0.2) is 52.3 Å². The predicted molar refractivity (Wildman–Crippen MR) is 73.0 cm³/mol. The largest absolute Gasteiger partial charge is 0.379 e. The molecule has 0 spiro atoms. The number of morpholine rings is 1. The minimum absolute atomic E-state index is 0.268. The van der Waals surface area contributed by atoms with Crippen LogP contribution in [0.2, 0.25) is 0 Å². The number of aryl methyl sites for hydroxylation is 1. The van der Waals surface area contributed by atoms with Gasteiger partial charge in [-0.3, -0.25) is 14.4 Å². The van der Waals surface area contributed by atoms with Crippen molar-refractivity contribution >= 4 is 5.78 Å². The second-order valence-electron chi connectivity index (χ2n) is 5.35. The van der Waals surface area contributed by atoms with Gasteiger partial charge in [0.25, 0.3) is 0 Å². The highest BCUT2D eigenvalue weighted by atomic mass is 16.5. The number of Topliss-reactive ketones (excluding diaryl/α,β-unsaturated/α-hetero) is 1. The molecular formula is C14H23N3O2. The van der Waals surface area contributed by atoms with Gasteiger partial charge in [-0.15, -0.1) is 0 Å². The minimum atomic E-state index is -0.389. The Kier molecular flexibility index (Phi) is 4.37. The smallest absolute Gasteiger partial charge is 0.157 e. The van der Waals surface area contributed by atoms with E-state index in [0.717, 1.165) is 38.3 Å². The fraction of sp³-hybridized carbons (Fsp3) is 0.714. The molecule has 1 unspecified atom stereocenters. The van der Waals surface area contributed by atoms with E-state index in [4.69, 9.17) is 4.74 Å². The van der Waals surface area contributed by atoms with Gasteiger partial charge in [0, 0.05) is 32.8 Å². The molecule has 1 fully saturated rings. The minimum Gasteiger partial charge on any atom is -0.379 e. The molecule has 1 saturated heterocycles. The summed E-state index contributed by atoms with van der Waals surface area (Å²) in [5.74, 6) is 0.268. The fourth-order valence-corrected chi connectivity index (χ4v) is 2.59. The summed E-state index contributed by atoms with van der Waals surface area (Å²) >= 11 is 0. The van der Waals surface area contributed by atoms with E-state index in [0.29, 0.717) is 6.42 Å². The molecule has 0 aliphatic carbocycles. The van der Waals surface area contributed by atoms with E-state index >= 15 is 0 Å². The third-order valence-corrected chi connectivity index (χ3v) is 4.12. The molecule has 2 rings (SSSR count). The molecule has 5 nitrogen and oxygen atoms in total. The molecule has 0 saturated carbocycles. The van der Waals surface area contributed by atoms with E-state index in [1.54, 1.807) is 10.9 Å². The molecule has 0 aromatic carbocycles. The van der Waals surface area contributed by atoms with Crippen LogP contribution in [0, 0.1) is 0 Å². The van der Waals surface area contributed by atoms with Crippen LogP contribution in [0.3, 0.4) is 0 Å². The van der Waals surface area contributed by atoms with Gasteiger partial charge in [0.2, 0.25) is 0 Å². The van der Waals surface area contributed by atoms with Gasteiger partial charge in [-0.25, -0.2) is 0 Å². The molecule has 1 aromatic rings. The highest BCUT2D eigenvalue weighted by Crippen LogP contribution is 2.23. The van der Waals surface area contributed by atoms with Crippen molar-refractivity contribution in [3.63, 3.8) is 0 Å². The van der Waals surface area contributed by atoms with E-state index in [1.165, 1.54) is 0 Å². The number of hydrogen-bond donors (Lipinski definition) is 0. The lowest BCUT2D eigenvalue weighted by Crippen LogP contribution is -2.56. The first kappa shape index (κ1) is 14.2. The molecule has 5 heteroatoms. The number of nitrogens with zero attached hydrogens (tertiary/aromatic N) is 3. The second-order valence-corrected chi connectivity index (χ2v) is 5.35. The highest BCUT2D eigenvalue weighted by molar-refractivity contribution is 5.89. The fourth-order valence-electron chi connectivity index (χ4n) is 2.59. The van der Waals surface area contributed by atoms with Crippen molar-refractivity contribution in [1.82, 2.24) is 14.7 Å². The Labute approximate surface area is 114 Å². The molecule has 0 bridgehead atoms. The highest BCUT2D eigenvalue weighted by Gasteiger charge is 2.37. The molecule has 0 N–H and O–H groups in total. The lowest BCUT2D eigenvalue weighted by atomic mass is 9.87. The topological polar surface area (TPSA) is 47.4 Å². The molecule has 106 valence electrons. The average molecular weight is 265 g/mol. The Morgan fingerprint density at radius 2 is 2.16 bits per heavy atom. The monoisotopic (exact) mass is 265 g/mol. The molecule has 1 aliphatic heterocycles. The number of hydrogen-bond acceptors (Lipinski definition) is 4. The molecular weight excluding hydrogens is 242 g/mol. The van der Waals surface area contributed by atoms with Crippen molar-refractivity contribution < 1.29 is 9.53 Å². The van der Waals surface area contributed by atoms with Crippen LogP contribution >= 0.6 is 0 Å². The summed E-state index contributed by atoms with van der Waals surface area (Å²) in [6.07, 6.45) is 4.96. The Bertz CT molecular complexity index is 438. The summed E-state index contributed by atoms with van der Waals surface area (Å²) in [6, 6.07) is 0. The SMILES string of the molecule is CCC(C)(C(=O)Cc1cnn(C)c1)N1CCOCC1. The Balaban J connectivity index is 2.08. The van der Waals surface area contributed by atoms with Crippen molar-refractivity contribution in [3.8, 4) is 0 Å². The van der Waals surface area contributed by atoms with Crippen LogP contribution in [0.15, 0.2) is 12.4 Å². The van der Waals surface area contributed by atoms with E-state index in [-0.39, 0.29) is 11.3 Å². The summed E-state index contributed by atoms with van der Waals surface area (Å²) in [4.78, 5) is 14.9. The Morgan fingerprint density at radius 3 is 2.68 bits per heavy atom. The third-order valence-electron chi connectivity index (χ3n) is 4.12. The molecule has 19 heavy (non-hydrogen) atoms. The van der Waals surface area contributed by atoms with Gasteiger partial charge in [0.1, 0.15) is 0 Å².